The van der Waals surface area contributed by atoms with Crippen LogP contribution in [0.5, 0.6) is 0 Å². The number of nitrogens with one attached hydrogen (secondary N) is 1. The maximum Gasteiger partial charge on any atom is 0.491 e. The summed E-state index contributed by atoms with van der Waals surface area (Å²) >= 11 is 0. The van der Waals surface area contributed by atoms with Gasteiger partial charge in [-0.25, -0.2) is 14.4 Å². The molecular weight excluding hydrogens is 477 g/mol. The van der Waals surface area contributed by atoms with Gasteiger partial charge >= 0.3 is 24.2 Å². The molecule has 0 aromatic heterocycles. The Bertz CT molecular complexity index is 834. The quantitative estimate of drug-likeness (QED) is 0.283. The number of piperidine rings is 1. The molecule has 1 saturated heterocycles. The third kappa shape index (κ3) is 8.47. The summed E-state index contributed by atoms with van der Waals surface area (Å²) < 4.78 is 52.3. The molecule has 1 heterocycles. The van der Waals surface area contributed by atoms with E-state index < -0.39 is 42.3 Å². The Labute approximate surface area is 200 Å². The van der Waals surface area contributed by atoms with Gasteiger partial charge in [0.15, 0.2) is 0 Å². The van der Waals surface area contributed by atoms with Crippen LogP contribution in [-0.2, 0) is 28.6 Å². The van der Waals surface area contributed by atoms with Crippen molar-refractivity contribution in [2.24, 2.45) is 5.73 Å². The lowest BCUT2D eigenvalue weighted by Gasteiger charge is -2.44. The zero-order chi connectivity index (χ0) is 26.3. The van der Waals surface area contributed by atoms with Gasteiger partial charge in [0.2, 0.25) is 5.91 Å². The van der Waals surface area contributed by atoms with Crippen LogP contribution < -0.4 is 11.1 Å². The molecule has 198 valence electrons. The van der Waals surface area contributed by atoms with E-state index in [-0.39, 0.29) is 37.2 Å². The van der Waals surface area contributed by atoms with E-state index in [4.69, 9.17) is 15.2 Å². The normalized spacial score (nSPS) is 25.3. The van der Waals surface area contributed by atoms with E-state index in [9.17, 15) is 32.3 Å². The van der Waals surface area contributed by atoms with Crippen LogP contribution in [0, 0.1) is 0 Å². The van der Waals surface area contributed by atoms with Crippen molar-refractivity contribution >= 4 is 23.9 Å². The molecule has 0 aromatic carbocycles. The van der Waals surface area contributed by atoms with Crippen molar-refractivity contribution < 1.29 is 46.6 Å². The Morgan fingerprint density at radius 2 is 1.91 bits per heavy atom. The Kier molecular flexibility index (Phi) is 10.0. The van der Waals surface area contributed by atoms with Crippen LogP contribution >= 0.6 is 0 Å². The van der Waals surface area contributed by atoms with Gasteiger partial charge in [-0.1, -0.05) is 6.08 Å². The molecule has 2 amide bonds. The molecule has 1 aliphatic heterocycles. The number of likely N-dealkylation sites (tertiary alicyclic amines) is 1. The number of hydrogen-bond acceptors (Lipinski definition) is 9. The van der Waals surface area contributed by atoms with Gasteiger partial charge < -0.3 is 30.2 Å². The molecule has 1 aliphatic carbocycles. The van der Waals surface area contributed by atoms with Crippen LogP contribution in [0.25, 0.3) is 0 Å². The van der Waals surface area contributed by atoms with Gasteiger partial charge in [0.05, 0.1) is 24.8 Å². The molecule has 0 spiro atoms. The third-order valence-corrected chi connectivity index (χ3v) is 5.56. The summed E-state index contributed by atoms with van der Waals surface area (Å²) in [5, 5.41) is 2.74. The van der Waals surface area contributed by atoms with E-state index in [0.29, 0.717) is 25.9 Å². The van der Waals surface area contributed by atoms with Crippen LogP contribution in [0.2, 0.25) is 0 Å². The number of hydrogen-bond donors (Lipinski definition) is 2. The number of nitrogens with zero attached hydrogens (tertiary/aromatic N) is 2. The first kappa shape index (κ1) is 28.5. The fourth-order valence-electron chi connectivity index (χ4n) is 3.98. The molecule has 35 heavy (non-hydrogen) atoms. The number of ether oxygens (including phenoxy) is 3. The smallest absolute Gasteiger partial charge is 0.447 e. The fraction of sp³-hybridized carbons (Fsp3) is 0.714. The standard InChI is InChI=1S/C21H31F3N4O7/c1-12(29)26-17-15(25)9-13(18(30)35-19(31)21(22,23)24)10-16(17)28-6-4-5-14(11-28)33-7-8-34-20(32)27(2)3/h10,14-17H,4-9,11,25H2,1-3H3,(H,26,29)/t14-,15-,16+,17-/m0/s1. The Balaban J connectivity index is 2.11. The first-order valence-corrected chi connectivity index (χ1v) is 11.1. The number of alkyl halides is 3. The highest BCUT2D eigenvalue weighted by atomic mass is 19.4. The zero-order valence-corrected chi connectivity index (χ0v) is 19.8. The molecule has 3 N–H and O–H groups in total. The first-order valence-electron chi connectivity index (χ1n) is 11.1. The summed E-state index contributed by atoms with van der Waals surface area (Å²) in [7, 11) is 3.11. The van der Waals surface area contributed by atoms with Crippen molar-refractivity contribution in [3.63, 3.8) is 0 Å². The van der Waals surface area contributed by atoms with Crippen molar-refractivity contribution in [2.45, 2.75) is 56.6 Å². The van der Waals surface area contributed by atoms with Crippen molar-refractivity contribution in [2.75, 3.05) is 40.4 Å². The zero-order valence-electron chi connectivity index (χ0n) is 19.8. The Morgan fingerprint density at radius 3 is 2.51 bits per heavy atom. The molecule has 0 radical (unpaired) electrons. The second-order valence-electron chi connectivity index (χ2n) is 8.59. The van der Waals surface area contributed by atoms with Crippen molar-refractivity contribution in [3.8, 4) is 0 Å². The van der Waals surface area contributed by atoms with Crippen LogP contribution in [0.3, 0.4) is 0 Å². The SMILES string of the molecule is CC(=O)N[C@@H]1[C@H](N2CCC[C@H](OCCOC(=O)N(C)C)C2)C=C(C(=O)OC(=O)C(F)(F)F)C[C@@H]1N. The number of carbonyl (C=O) groups excluding carboxylic acids is 4. The minimum Gasteiger partial charge on any atom is -0.447 e. The van der Waals surface area contributed by atoms with Gasteiger partial charge in [-0.05, 0) is 25.8 Å². The number of nitrogens with two attached hydrogens (primary N) is 1. The molecule has 4 atom stereocenters. The average molecular weight is 508 g/mol. The summed E-state index contributed by atoms with van der Waals surface area (Å²) in [4.78, 5) is 49.8. The van der Waals surface area contributed by atoms with Gasteiger partial charge in [-0.2, -0.15) is 13.2 Å². The summed E-state index contributed by atoms with van der Waals surface area (Å²) in [5.41, 5.74) is 5.99. The summed E-state index contributed by atoms with van der Waals surface area (Å²) in [6.07, 6.45) is -3.46. The topological polar surface area (TPSA) is 141 Å². The van der Waals surface area contributed by atoms with Crippen molar-refractivity contribution in [1.29, 1.82) is 0 Å². The molecule has 0 unspecified atom stereocenters. The highest BCUT2D eigenvalue weighted by Gasteiger charge is 2.44. The number of halogens is 3. The molecule has 0 bridgehead atoms. The predicted molar refractivity (Wildman–Crippen MR) is 115 cm³/mol. The van der Waals surface area contributed by atoms with Crippen LogP contribution in [-0.4, -0.2) is 105 Å². The van der Waals surface area contributed by atoms with E-state index in [1.165, 1.54) is 17.9 Å². The van der Waals surface area contributed by atoms with Gasteiger partial charge in [0, 0.05) is 39.2 Å². The maximum absolute atomic E-state index is 12.5. The van der Waals surface area contributed by atoms with E-state index in [0.717, 1.165) is 0 Å². The molecule has 2 aliphatic rings. The van der Waals surface area contributed by atoms with Crippen LogP contribution in [0.15, 0.2) is 11.6 Å². The summed E-state index contributed by atoms with van der Waals surface area (Å²) in [6.45, 7) is 2.43. The van der Waals surface area contributed by atoms with Crippen LogP contribution in [0.4, 0.5) is 18.0 Å². The van der Waals surface area contributed by atoms with E-state index >= 15 is 0 Å². The number of esters is 2. The largest absolute Gasteiger partial charge is 0.491 e. The lowest BCUT2D eigenvalue weighted by atomic mass is 9.85. The van der Waals surface area contributed by atoms with Gasteiger partial charge in [0.25, 0.3) is 0 Å². The monoisotopic (exact) mass is 508 g/mol. The number of amides is 2. The third-order valence-electron chi connectivity index (χ3n) is 5.56. The highest BCUT2D eigenvalue weighted by molar-refractivity contribution is 5.98. The summed E-state index contributed by atoms with van der Waals surface area (Å²) in [6, 6.07) is -2.10. The van der Waals surface area contributed by atoms with Gasteiger partial charge in [-0.3, -0.25) is 9.69 Å². The molecule has 1 fully saturated rings. The van der Waals surface area contributed by atoms with Crippen molar-refractivity contribution in [1.82, 2.24) is 15.1 Å². The highest BCUT2D eigenvalue weighted by Crippen LogP contribution is 2.27. The van der Waals surface area contributed by atoms with Crippen LogP contribution in [0.1, 0.15) is 26.2 Å². The lowest BCUT2D eigenvalue weighted by Crippen LogP contribution is -2.62. The van der Waals surface area contributed by atoms with Gasteiger partial charge in [-0.15, -0.1) is 0 Å². The van der Waals surface area contributed by atoms with E-state index in [1.807, 2.05) is 4.90 Å². The Hall–Kier alpha value is -2.71. The number of carbonyl (C=O) groups is 4. The first-order chi connectivity index (χ1) is 16.3. The average Bonchev–Trinajstić information content (AvgIpc) is 2.76. The second-order valence-corrected chi connectivity index (χ2v) is 8.59. The second kappa shape index (κ2) is 12.3. The number of rotatable bonds is 7. The minimum absolute atomic E-state index is 0.0550. The molecule has 0 saturated carbocycles. The fourth-order valence-corrected chi connectivity index (χ4v) is 3.98. The molecule has 11 nitrogen and oxygen atoms in total. The Morgan fingerprint density at radius 1 is 1.23 bits per heavy atom. The molecule has 2 rings (SSSR count). The van der Waals surface area contributed by atoms with Gasteiger partial charge in [0.1, 0.15) is 6.61 Å². The lowest BCUT2D eigenvalue weighted by molar-refractivity contribution is -0.200. The molecule has 0 aromatic rings. The maximum atomic E-state index is 12.5. The molecular formula is C21H31F3N4O7. The predicted octanol–water partition coefficient (Wildman–Crippen LogP) is 0.328. The van der Waals surface area contributed by atoms with Crippen molar-refractivity contribution in [3.05, 3.63) is 11.6 Å². The van der Waals surface area contributed by atoms with E-state index in [1.54, 1.807) is 14.1 Å². The minimum atomic E-state index is -5.32. The van der Waals surface area contributed by atoms with E-state index in [2.05, 4.69) is 10.1 Å². The summed E-state index contributed by atoms with van der Waals surface area (Å²) in [5.74, 6) is -4.41. The molecule has 14 heteroatoms.